The molecule has 1 aromatic carbocycles. The Morgan fingerprint density at radius 1 is 1.39 bits per heavy atom. The highest BCUT2D eigenvalue weighted by Crippen LogP contribution is 2.36. The molecule has 0 spiro atoms. The van der Waals surface area contributed by atoms with Crippen LogP contribution in [0, 0.1) is 0 Å². The van der Waals surface area contributed by atoms with Crippen molar-refractivity contribution in [2.24, 2.45) is 0 Å². The maximum atomic E-state index is 6.01. The molecule has 0 bridgehead atoms. The van der Waals surface area contributed by atoms with E-state index in [0.717, 1.165) is 36.5 Å². The van der Waals surface area contributed by atoms with E-state index < -0.39 is 0 Å². The number of nitrogens with one attached hydrogen (secondary N) is 1. The Kier molecular flexibility index (Phi) is 3.08. The first-order valence-electron chi connectivity index (χ1n) is 6.91. The van der Waals surface area contributed by atoms with Crippen molar-refractivity contribution in [2.45, 2.75) is 38.0 Å². The van der Waals surface area contributed by atoms with Gasteiger partial charge in [-0.3, -0.25) is 0 Å². The fraction of sp³-hybridized carbons (Fsp3) is 0.533. The highest BCUT2D eigenvalue weighted by Gasteiger charge is 2.37. The quantitative estimate of drug-likeness (QED) is 0.900. The second kappa shape index (κ2) is 4.73. The number of nitrogens with zero attached hydrogens (tertiary/aromatic N) is 1. The summed E-state index contributed by atoms with van der Waals surface area (Å²) in [5.74, 6) is 0.928. The SMILES string of the molecule is CCCC1(c2nc3ccccc3o2)CCCNC1. The Hall–Kier alpha value is -1.35. The zero-order valence-electron chi connectivity index (χ0n) is 10.9. The first kappa shape index (κ1) is 11.7. The third-order valence-corrected chi connectivity index (χ3v) is 3.95. The number of rotatable bonds is 3. The van der Waals surface area contributed by atoms with Crippen molar-refractivity contribution in [2.75, 3.05) is 13.1 Å². The Morgan fingerprint density at radius 3 is 3.00 bits per heavy atom. The van der Waals surface area contributed by atoms with E-state index in [0.29, 0.717) is 0 Å². The predicted molar refractivity (Wildman–Crippen MR) is 72.7 cm³/mol. The van der Waals surface area contributed by atoms with Crippen molar-refractivity contribution in [3.63, 3.8) is 0 Å². The number of fused-ring (bicyclic) bond motifs is 1. The minimum atomic E-state index is 0.103. The number of aromatic nitrogens is 1. The zero-order chi connectivity index (χ0) is 12.4. The van der Waals surface area contributed by atoms with Crippen LogP contribution in [0.2, 0.25) is 0 Å². The second-order valence-electron chi connectivity index (χ2n) is 5.30. The summed E-state index contributed by atoms with van der Waals surface area (Å²) in [6, 6.07) is 8.04. The van der Waals surface area contributed by atoms with Gasteiger partial charge >= 0.3 is 0 Å². The molecule has 1 fully saturated rings. The Balaban J connectivity index is 2.03. The summed E-state index contributed by atoms with van der Waals surface area (Å²) in [4.78, 5) is 4.72. The van der Waals surface area contributed by atoms with Gasteiger partial charge in [-0.05, 0) is 37.9 Å². The molecule has 2 heterocycles. The topological polar surface area (TPSA) is 38.1 Å². The van der Waals surface area contributed by atoms with Crippen LogP contribution >= 0.6 is 0 Å². The highest BCUT2D eigenvalue weighted by atomic mass is 16.3. The summed E-state index contributed by atoms with van der Waals surface area (Å²) in [7, 11) is 0. The van der Waals surface area contributed by atoms with Gasteiger partial charge in [-0.2, -0.15) is 0 Å². The van der Waals surface area contributed by atoms with Crippen LogP contribution in [0.1, 0.15) is 38.5 Å². The summed E-state index contributed by atoms with van der Waals surface area (Å²) in [5.41, 5.74) is 1.99. The van der Waals surface area contributed by atoms with Gasteiger partial charge in [0, 0.05) is 6.54 Å². The van der Waals surface area contributed by atoms with Crippen molar-refractivity contribution < 1.29 is 4.42 Å². The van der Waals surface area contributed by atoms with Crippen LogP contribution in [0.3, 0.4) is 0 Å². The summed E-state index contributed by atoms with van der Waals surface area (Å²) < 4.78 is 6.01. The van der Waals surface area contributed by atoms with Gasteiger partial charge in [-0.25, -0.2) is 4.98 Å². The molecule has 1 atom stereocenters. The van der Waals surface area contributed by atoms with Gasteiger partial charge in [0.05, 0.1) is 5.41 Å². The van der Waals surface area contributed by atoms with Crippen LogP contribution in [0.25, 0.3) is 11.1 Å². The van der Waals surface area contributed by atoms with Crippen molar-refractivity contribution >= 4 is 11.1 Å². The van der Waals surface area contributed by atoms with E-state index in [1.54, 1.807) is 0 Å². The van der Waals surface area contributed by atoms with Gasteiger partial charge < -0.3 is 9.73 Å². The van der Waals surface area contributed by atoms with Crippen molar-refractivity contribution in [1.82, 2.24) is 10.3 Å². The third kappa shape index (κ3) is 1.93. The van der Waals surface area contributed by atoms with Gasteiger partial charge in [0.1, 0.15) is 5.52 Å². The van der Waals surface area contributed by atoms with E-state index in [2.05, 4.69) is 12.2 Å². The van der Waals surface area contributed by atoms with Crippen molar-refractivity contribution in [3.05, 3.63) is 30.2 Å². The van der Waals surface area contributed by atoms with E-state index >= 15 is 0 Å². The molecular formula is C15H20N2O. The summed E-state index contributed by atoms with van der Waals surface area (Å²) in [6.45, 7) is 4.35. The van der Waals surface area contributed by atoms with Crippen LogP contribution in [0.4, 0.5) is 0 Å². The molecule has 0 amide bonds. The molecule has 1 aromatic heterocycles. The Bertz CT molecular complexity index is 488. The molecule has 3 rings (SSSR count). The van der Waals surface area contributed by atoms with Crippen LogP contribution < -0.4 is 5.32 Å². The maximum absolute atomic E-state index is 6.01. The van der Waals surface area contributed by atoms with Crippen LogP contribution in [0.15, 0.2) is 28.7 Å². The second-order valence-corrected chi connectivity index (χ2v) is 5.30. The average molecular weight is 244 g/mol. The lowest BCUT2D eigenvalue weighted by atomic mass is 9.77. The molecule has 1 aliphatic heterocycles. The largest absolute Gasteiger partial charge is 0.440 e. The minimum absolute atomic E-state index is 0.103. The Morgan fingerprint density at radius 2 is 2.28 bits per heavy atom. The van der Waals surface area contributed by atoms with Crippen LogP contribution in [-0.4, -0.2) is 18.1 Å². The van der Waals surface area contributed by atoms with Crippen LogP contribution in [-0.2, 0) is 5.41 Å². The van der Waals surface area contributed by atoms with Gasteiger partial charge in [-0.15, -0.1) is 0 Å². The molecule has 96 valence electrons. The number of hydrogen-bond donors (Lipinski definition) is 1. The number of oxazole rings is 1. The summed E-state index contributed by atoms with van der Waals surface area (Å²) in [5, 5.41) is 3.50. The lowest BCUT2D eigenvalue weighted by Gasteiger charge is -2.34. The molecule has 1 saturated heterocycles. The molecule has 1 aliphatic rings. The zero-order valence-corrected chi connectivity index (χ0v) is 10.9. The molecule has 0 aliphatic carbocycles. The number of hydrogen-bond acceptors (Lipinski definition) is 3. The fourth-order valence-electron chi connectivity index (χ4n) is 3.05. The molecule has 3 nitrogen and oxygen atoms in total. The molecule has 0 saturated carbocycles. The smallest absolute Gasteiger partial charge is 0.202 e. The van der Waals surface area contributed by atoms with Gasteiger partial charge in [0.15, 0.2) is 5.58 Å². The van der Waals surface area contributed by atoms with Gasteiger partial charge in [-0.1, -0.05) is 25.5 Å². The molecule has 18 heavy (non-hydrogen) atoms. The van der Waals surface area contributed by atoms with Crippen LogP contribution in [0.5, 0.6) is 0 Å². The molecule has 1 unspecified atom stereocenters. The molecule has 1 N–H and O–H groups in total. The molecule has 3 heteroatoms. The fourth-order valence-corrected chi connectivity index (χ4v) is 3.05. The van der Waals surface area contributed by atoms with Gasteiger partial charge in [0.25, 0.3) is 0 Å². The number of benzene rings is 1. The third-order valence-electron chi connectivity index (χ3n) is 3.95. The normalized spacial score (nSPS) is 24.5. The van der Waals surface area contributed by atoms with Crippen molar-refractivity contribution in [3.8, 4) is 0 Å². The maximum Gasteiger partial charge on any atom is 0.202 e. The Labute approximate surface area is 108 Å². The highest BCUT2D eigenvalue weighted by molar-refractivity contribution is 5.72. The van der Waals surface area contributed by atoms with E-state index in [-0.39, 0.29) is 5.41 Å². The number of para-hydroxylation sites is 2. The molecule has 2 aromatic rings. The number of piperidine rings is 1. The first-order chi connectivity index (χ1) is 8.84. The molecule has 0 radical (unpaired) electrons. The summed E-state index contributed by atoms with van der Waals surface area (Å²) >= 11 is 0. The van der Waals surface area contributed by atoms with E-state index in [9.17, 15) is 0 Å². The monoisotopic (exact) mass is 244 g/mol. The molecular weight excluding hydrogens is 224 g/mol. The van der Waals surface area contributed by atoms with E-state index in [1.807, 2.05) is 24.3 Å². The minimum Gasteiger partial charge on any atom is -0.440 e. The average Bonchev–Trinajstić information content (AvgIpc) is 2.84. The van der Waals surface area contributed by atoms with E-state index in [1.165, 1.54) is 19.3 Å². The summed E-state index contributed by atoms with van der Waals surface area (Å²) in [6.07, 6.45) is 4.70. The predicted octanol–water partition coefficient (Wildman–Crippen LogP) is 3.25. The van der Waals surface area contributed by atoms with Gasteiger partial charge in [0.2, 0.25) is 5.89 Å². The van der Waals surface area contributed by atoms with Crippen molar-refractivity contribution in [1.29, 1.82) is 0 Å². The lowest BCUT2D eigenvalue weighted by molar-refractivity contribution is 0.239. The first-order valence-corrected chi connectivity index (χ1v) is 6.91. The lowest BCUT2D eigenvalue weighted by Crippen LogP contribution is -2.43. The standard InChI is InChI=1S/C15H20N2O/c1-2-8-15(9-5-10-16-11-15)14-17-12-6-3-4-7-13(12)18-14/h3-4,6-7,16H,2,5,8-11H2,1H3. The van der Waals surface area contributed by atoms with E-state index in [4.69, 9.17) is 9.40 Å².